The normalized spacial score (nSPS) is 11.1. The number of imidazole rings is 1. The molecule has 0 saturated carbocycles. The molecule has 3 heterocycles. The molecule has 0 bridgehead atoms. The predicted molar refractivity (Wildman–Crippen MR) is 77.1 cm³/mol. The Labute approximate surface area is 122 Å². The van der Waals surface area contributed by atoms with Crippen LogP contribution in [0.25, 0.3) is 4.96 Å². The minimum Gasteiger partial charge on any atom is -0.383 e. The molecule has 0 aromatic carbocycles. The zero-order valence-corrected chi connectivity index (χ0v) is 11.9. The van der Waals surface area contributed by atoms with Crippen LogP contribution in [0.5, 0.6) is 0 Å². The Balaban J connectivity index is 1.87. The Morgan fingerprint density at radius 2 is 2.43 bits per heavy atom. The van der Waals surface area contributed by atoms with E-state index in [0.29, 0.717) is 23.8 Å². The van der Waals surface area contributed by atoms with Gasteiger partial charge >= 0.3 is 5.82 Å². The largest absolute Gasteiger partial charge is 0.383 e. The number of thiazole rings is 1. The molecule has 9 nitrogen and oxygen atoms in total. The molecule has 21 heavy (non-hydrogen) atoms. The lowest BCUT2D eigenvalue weighted by Gasteiger charge is -2.00. The fourth-order valence-corrected chi connectivity index (χ4v) is 2.61. The summed E-state index contributed by atoms with van der Waals surface area (Å²) < 4.78 is 8.11. The maximum Gasteiger partial charge on any atom is 0.373 e. The van der Waals surface area contributed by atoms with E-state index in [0.717, 1.165) is 0 Å². The highest BCUT2D eigenvalue weighted by atomic mass is 32.1. The monoisotopic (exact) mass is 308 g/mol. The van der Waals surface area contributed by atoms with Gasteiger partial charge in [-0.25, -0.2) is 0 Å². The van der Waals surface area contributed by atoms with Crippen LogP contribution in [0.4, 0.5) is 17.3 Å². The van der Waals surface area contributed by atoms with Gasteiger partial charge in [0, 0.05) is 18.7 Å². The zero-order valence-electron chi connectivity index (χ0n) is 11.1. The predicted octanol–water partition coefficient (Wildman–Crippen LogP) is 1.89. The van der Waals surface area contributed by atoms with Crippen molar-refractivity contribution in [1.82, 2.24) is 19.2 Å². The van der Waals surface area contributed by atoms with Crippen LogP contribution in [0.15, 0.2) is 24.0 Å². The zero-order chi connectivity index (χ0) is 14.8. The standard InChI is InChI=1S/C11H12N6O3S/c1-20-4-2-15-7-8(6-12-15)13-9-10(17(18)19)16-3-5-21-11(16)14-9/h3,5-7,13H,2,4H2,1H3. The van der Waals surface area contributed by atoms with Crippen molar-refractivity contribution >= 4 is 33.6 Å². The number of nitrogens with one attached hydrogen (secondary N) is 1. The Hall–Kier alpha value is -2.46. The summed E-state index contributed by atoms with van der Waals surface area (Å²) in [7, 11) is 1.61. The van der Waals surface area contributed by atoms with Crippen LogP contribution >= 0.6 is 11.3 Å². The van der Waals surface area contributed by atoms with E-state index in [1.165, 1.54) is 15.7 Å². The van der Waals surface area contributed by atoms with Crippen LogP contribution in [-0.2, 0) is 11.3 Å². The lowest BCUT2D eigenvalue weighted by Crippen LogP contribution is -2.04. The minimum atomic E-state index is -0.454. The van der Waals surface area contributed by atoms with Crippen molar-refractivity contribution in [2.75, 3.05) is 19.0 Å². The molecule has 3 aromatic rings. The second kappa shape index (κ2) is 5.50. The molecule has 0 amide bonds. The summed E-state index contributed by atoms with van der Waals surface area (Å²) in [5.74, 6) is 0.119. The number of nitro groups is 1. The molecule has 1 N–H and O–H groups in total. The molecule has 0 spiro atoms. The van der Waals surface area contributed by atoms with E-state index < -0.39 is 4.92 Å². The fraction of sp³-hybridized carbons (Fsp3) is 0.273. The molecular weight excluding hydrogens is 296 g/mol. The van der Waals surface area contributed by atoms with E-state index >= 15 is 0 Å². The Bertz CT molecular complexity index is 776. The van der Waals surface area contributed by atoms with Crippen LogP contribution in [0.1, 0.15) is 0 Å². The molecule has 0 unspecified atom stereocenters. The van der Waals surface area contributed by atoms with Gasteiger partial charge in [0.2, 0.25) is 5.82 Å². The first-order valence-corrected chi connectivity index (χ1v) is 6.95. The molecule has 3 rings (SSSR count). The summed E-state index contributed by atoms with van der Waals surface area (Å²) in [6.07, 6.45) is 4.96. The van der Waals surface area contributed by atoms with Crippen LogP contribution < -0.4 is 5.32 Å². The summed E-state index contributed by atoms with van der Waals surface area (Å²) in [5, 5.41) is 20.0. The molecule has 10 heteroatoms. The van der Waals surface area contributed by atoms with Crippen molar-refractivity contribution in [2.24, 2.45) is 0 Å². The SMILES string of the molecule is COCCn1cc(Nc2nc3sccn3c2[N+](=O)[O-])cn1. The molecule has 3 aromatic heterocycles. The van der Waals surface area contributed by atoms with Gasteiger partial charge in [-0.2, -0.15) is 14.5 Å². The highest BCUT2D eigenvalue weighted by Gasteiger charge is 2.23. The highest BCUT2D eigenvalue weighted by Crippen LogP contribution is 2.30. The van der Waals surface area contributed by atoms with Gasteiger partial charge in [-0.15, -0.1) is 0 Å². The minimum absolute atomic E-state index is 0.0871. The van der Waals surface area contributed by atoms with Crippen LogP contribution in [-0.4, -0.2) is 37.8 Å². The second-order valence-corrected chi connectivity index (χ2v) is 5.08. The maximum absolute atomic E-state index is 11.2. The number of aromatic nitrogens is 4. The Morgan fingerprint density at radius 1 is 1.57 bits per heavy atom. The molecular formula is C11H12N6O3S. The third kappa shape index (κ3) is 2.58. The van der Waals surface area contributed by atoms with Gasteiger partial charge < -0.3 is 20.2 Å². The fourth-order valence-electron chi connectivity index (χ4n) is 1.90. The van der Waals surface area contributed by atoms with Crippen LogP contribution in [0, 0.1) is 10.1 Å². The number of nitrogens with zero attached hydrogens (tertiary/aromatic N) is 5. The van der Waals surface area contributed by atoms with Gasteiger partial charge in [0.1, 0.15) is 6.20 Å². The van der Waals surface area contributed by atoms with Gasteiger partial charge in [0.15, 0.2) is 0 Å². The Morgan fingerprint density at radius 3 is 3.19 bits per heavy atom. The quantitative estimate of drug-likeness (QED) is 0.551. The number of hydrogen-bond donors (Lipinski definition) is 1. The topological polar surface area (TPSA) is 99.5 Å². The van der Waals surface area contributed by atoms with Gasteiger partial charge in [-0.3, -0.25) is 4.68 Å². The number of hydrogen-bond acceptors (Lipinski definition) is 7. The molecule has 0 aliphatic heterocycles. The van der Waals surface area contributed by atoms with Gasteiger partial charge in [-0.05, 0) is 4.92 Å². The van der Waals surface area contributed by atoms with Crippen LogP contribution in [0.3, 0.4) is 0 Å². The maximum atomic E-state index is 11.2. The van der Waals surface area contributed by atoms with Gasteiger partial charge in [0.05, 0.1) is 25.0 Å². The highest BCUT2D eigenvalue weighted by molar-refractivity contribution is 7.15. The summed E-state index contributed by atoms with van der Waals surface area (Å²) in [5.41, 5.74) is 0.639. The van der Waals surface area contributed by atoms with E-state index in [4.69, 9.17) is 4.74 Å². The number of fused-ring (bicyclic) bond motifs is 1. The van der Waals surface area contributed by atoms with E-state index in [1.54, 1.807) is 35.8 Å². The number of methoxy groups -OCH3 is 1. The van der Waals surface area contributed by atoms with Gasteiger partial charge in [0.25, 0.3) is 4.96 Å². The van der Waals surface area contributed by atoms with E-state index in [1.807, 2.05) is 0 Å². The first-order valence-electron chi connectivity index (χ1n) is 6.07. The van der Waals surface area contributed by atoms with E-state index in [-0.39, 0.29) is 11.6 Å². The van der Waals surface area contributed by atoms with E-state index in [9.17, 15) is 10.1 Å². The molecule has 0 atom stereocenters. The summed E-state index contributed by atoms with van der Waals surface area (Å²) in [6, 6.07) is 0. The van der Waals surface area contributed by atoms with E-state index in [2.05, 4.69) is 15.4 Å². The smallest absolute Gasteiger partial charge is 0.373 e. The number of anilines is 2. The summed E-state index contributed by atoms with van der Waals surface area (Å²) in [6.45, 7) is 1.15. The summed E-state index contributed by atoms with van der Waals surface area (Å²) in [4.78, 5) is 15.5. The van der Waals surface area contributed by atoms with Crippen molar-refractivity contribution in [2.45, 2.75) is 6.54 Å². The Kier molecular flexibility index (Phi) is 3.54. The number of rotatable bonds is 6. The van der Waals surface area contributed by atoms with Crippen molar-refractivity contribution in [1.29, 1.82) is 0 Å². The third-order valence-corrected chi connectivity index (χ3v) is 3.59. The van der Waals surface area contributed by atoms with Crippen molar-refractivity contribution < 1.29 is 9.66 Å². The second-order valence-electron chi connectivity index (χ2n) is 4.21. The molecule has 0 aliphatic carbocycles. The molecule has 0 saturated heterocycles. The lowest BCUT2D eigenvalue weighted by atomic mass is 10.5. The first kappa shape index (κ1) is 13.5. The van der Waals surface area contributed by atoms with Gasteiger partial charge in [-0.1, -0.05) is 11.3 Å². The van der Waals surface area contributed by atoms with Crippen molar-refractivity contribution in [3.05, 3.63) is 34.1 Å². The summed E-state index contributed by atoms with van der Waals surface area (Å²) >= 11 is 1.34. The van der Waals surface area contributed by atoms with Crippen molar-refractivity contribution in [3.8, 4) is 0 Å². The lowest BCUT2D eigenvalue weighted by molar-refractivity contribution is -0.389. The average molecular weight is 308 g/mol. The van der Waals surface area contributed by atoms with Crippen molar-refractivity contribution in [3.63, 3.8) is 0 Å². The molecule has 110 valence electrons. The molecule has 0 radical (unpaired) electrons. The molecule has 0 aliphatic rings. The molecule has 0 fully saturated rings. The third-order valence-electron chi connectivity index (χ3n) is 2.83. The number of ether oxygens (including phenoxy) is 1. The first-order chi connectivity index (χ1) is 10.2. The van der Waals surface area contributed by atoms with Crippen LogP contribution in [0.2, 0.25) is 0 Å². The average Bonchev–Trinajstić information content (AvgIpc) is 3.11.